The van der Waals surface area contributed by atoms with Gasteiger partial charge in [-0.05, 0) is 53.5 Å². The monoisotopic (exact) mass is 305 g/mol. The smallest absolute Gasteiger partial charge is 0.272 e. The number of likely N-dealkylation sites (tertiary alicyclic amines) is 1. The summed E-state index contributed by atoms with van der Waals surface area (Å²) in [4.78, 5) is 27.7. The molecule has 122 valence electrons. The van der Waals surface area contributed by atoms with Gasteiger partial charge < -0.3 is 9.80 Å². The van der Waals surface area contributed by atoms with E-state index in [0.717, 1.165) is 37.4 Å². The van der Waals surface area contributed by atoms with Crippen molar-refractivity contribution in [1.82, 2.24) is 24.7 Å². The molecule has 2 rings (SSSR count). The molecule has 0 unspecified atom stereocenters. The first-order valence-corrected chi connectivity index (χ1v) is 7.84. The average Bonchev–Trinajstić information content (AvgIpc) is 2.89. The van der Waals surface area contributed by atoms with Gasteiger partial charge in [-0.1, -0.05) is 0 Å². The Morgan fingerprint density at radius 3 is 2.64 bits per heavy atom. The number of carbonyl (C=O) groups is 1. The van der Waals surface area contributed by atoms with Crippen LogP contribution in [0.4, 0.5) is 0 Å². The van der Waals surface area contributed by atoms with E-state index in [9.17, 15) is 4.79 Å². The molecule has 6 heteroatoms. The van der Waals surface area contributed by atoms with Gasteiger partial charge in [-0.2, -0.15) is 0 Å². The van der Waals surface area contributed by atoms with Crippen LogP contribution in [0.1, 0.15) is 40.9 Å². The molecule has 6 nitrogen and oxygen atoms in total. The Kier molecular flexibility index (Phi) is 5.47. The summed E-state index contributed by atoms with van der Waals surface area (Å²) < 4.78 is 0. The summed E-state index contributed by atoms with van der Waals surface area (Å²) in [5, 5.41) is 0. The highest BCUT2D eigenvalue weighted by molar-refractivity contribution is 5.92. The van der Waals surface area contributed by atoms with Crippen molar-refractivity contribution in [2.75, 3.05) is 47.8 Å². The Bertz CT molecular complexity index is 531. The third-order valence-electron chi connectivity index (χ3n) is 4.14. The standard InChI is InChI=1S/C16H27N5O/c1-12-11-13(16(22)21(5)10-9-19(2)3)18-15(17-12)14-7-6-8-20(14)4/h11,14H,6-10H2,1-5H3/t14-/m0/s1. The van der Waals surface area contributed by atoms with Crippen molar-refractivity contribution in [2.24, 2.45) is 0 Å². The van der Waals surface area contributed by atoms with E-state index < -0.39 is 0 Å². The minimum absolute atomic E-state index is 0.0331. The van der Waals surface area contributed by atoms with Gasteiger partial charge in [-0.25, -0.2) is 9.97 Å². The van der Waals surface area contributed by atoms with Crippen LogP contribution in [0.3, 0.4) is 0 Å². The third kappa shape index (κ3) is 4.01. The van der Waals surface area contributed by atoms with E-state index in [-0.39, 0.29) is 11.9 Å². The minimum atomic E-state index is -0.0331. The Morgan fingerprint density at radius 1 is 1.32 bits per heavy atom. The van der Waals surface area contributed by atoms with E-state index in [1.807, 2.05) is 28.1 Å². The van der Waals surface area contributed by atoms with E-state index >= 15 is 0 Å². The van der Waals surface area contributed by atoms with E-state index in [0.29, 0.717) is 12.2 Å². The van der Waals surface area contributed by atoms with Crippen LogP contribution in [-0.4, -0.2) is 78.4 Å². The van der Waals surface area contributed by atoms with Crippen molar-refractivity contribution >= 4 is 5.91 Å². The first kappa shape index (κ1) is 16.8. The summed E-state index contributed by atoms with van der Waals surface area (Å²) in [5.74, 6) is 0.749. The molecular weight excluding hydrogens is 278 g/mol. The fourth-order valence-corrected chi connectivity index (χ4v) is 2.73. The minimum Gasteiger partial charge on any atom is -0.339 e. The Morgan fingerprint density at radius 2 is 2.05 bits per heavy atom. The van der Waals surface area contributed by atoms with Gasteiger partial charge >= 0.3 is 0 Å². The molecule has 1 aliphatic rings. The number of likely N-dealkylation sites (N-methyl/N-ethyl adjacent to an activating group) is 2. The fourth-order valence-electron chi connectivity index (χ4n) is 2.73. The van der Waals surface area contributed by atoms with Gasteiger partial charge in [0, 0.05) is 25.8 Å². The molecule has 0 saturated carbocycles. The normalized spacial score (nSPS) is 18.9. The summed E-state index contributed by atoms with van der Waals surface area (Å²) in [5.41, 5.74) is 1.36. The summed E-state index contributed by atoms with van der Waals surface area (Å²) in [6, 6.07) is 2.02. The van der Waals surface area contributed by atoms with Crippen molar-refractivity contribution in [3.63, 3.8) is 0 Å². The number of hydrogen-bond acceptors (Lipinski definition) is 5. The molecule has 0 spiro atoms. The number of hydrogen-bond donors (Lipinski definition) is 0. The van der Waals surface area contributed by atoms with Crippen LogP contribution in [0.2, 0.25) is 0 Å². The predicted molar refractivity (Wildman–Crippen MR) is 86.9 cm³/mol. The van der Waals surface area contributed by atoms with Gasteiger partial charge in [0.15, 0.2) is 0 Å². The summed E-state index contributed by atoms with van der Waals surface area (Å²) >= 11 is 0. The third-order valence-corrected chi connectivity index (χ3v) is 4.14. The van der Waals surface area contributed by atoms with Crippen molar-refractivity contribution in [3.05, 3.63) is 23.3 Å². The molecular formula is C16H27N5O. The first-order valence-electron chi connectivity index (χ1n) is 7.84. The van der Waals surface area contributed by atoms with Gasteiger partial charge in [0.05, 0.1) is 6.04 Å². The highest BCUT2D eigenvalue weighted by Crippen LogP contribution is 2.28. The van der Waals surface area contributed by atoms with E-state index in [2.05, 4.69) is 26.8 Å². The number of rotatable bonds is 5. The molecule has 1 aromatic rings. The fraction of sp³-hybridized carbons (Fsp3) is 0.688. The highest BCUT2D eigenvalue weighted by atomic mass is 16.2. The van der Waals surface area contributed by atoms with Crippen LogP contribution in [0.25, 0.3) is 0 Å². The molecule has 1 amide bonds. The summed E-state index contributed by atoms with van der Waals surface area (Å²) in [6.07, 6.45) is 2.22. The lowest BCUT2D eigenvalue weighted by Gasteiger charge is -2.21. The van der Waals surface area contributed by atoms with Gasteiger partial charge in [0.25, 0.3) is 5.91 Å². The Balaban J connectivity index is 2.16. The zero-order valence-electron chi connectivity index (χ0n) is 14.3. The van der Waals surface area contributed by atoms with Crippen LogP contribution in [0.15, 0.2) is 6.07 Å². The van der Waals surface area contributed by atoms with Crippen molar-refractivity contribution in [1.29, 1.82) is 0 Å². The average molecular weight is 305 g/mol. The van der Waals surface area contributed by atoms with Crippen LogP contribution in [0.5, 0.6) is 0 Å². The van der Waals surface area contributed by atoms with Gasteiger partial charge in [-0.15, -0.1) is 0 Å². The number of carbonyl (C=O) groups excluding carboxylic acids is 1. The molecule has 1 atom stereocenters. The first-order chi connectivity index (χ1) is 10.4. The van der Waals surface area contributed by atoms with Crippen molar-refractivity contribution in [2.45, 2.75) is 25.8 Å². The number of amides is 1. The topological polar surface area (TPSA) is 52.6 Å². The molecule has 1 aliphatic heterocycles. The molecule has 1 fully saturated rings. The molecule has 0 aromatic carbocycles. The molecule has 0 bridgehead atoms. The number of aromatic nitrogens is 2. The second-order valence-corrected chi connectivity index (χ2v) is 6.42. The molecule has 0 aliphatic carbocycles. The lowest BCUT2D eigenvalue weighted by Crippen LogP contribution is -2.34. The maximum atomic E-state index is 12.6. The Hall–Kier alpha value is -1.53. The number of aryl methyl sites for hydroxylation is 1. The molecule has 1 aromatic heterocycles. The summed E-state index contributed by atoms with van der Waals surface area (Å²) in [7, 11) is 7.92. The van der Waals surface area contributed by atoms with E-state index in [1.165, 1.54) is 0 Å². The van der Waals surface area contributed by atoms with Crippen LogP contribution in [0, 0.1) is 6.92 Å². The predicted octanol–water partition coefficient (Wildman–Crippen LogP) is 1.19. The zero-order chi connectivity index (χ0) is 16.3. The number of nitrogens with zero attached hydrogens (tertiary/aromatic N) is 5. The van der Waals surface area contributed by atoms with Gasteiger partial charge in [0.2, 0.25) is 0 Å². The maximum absolute atomic E-state index is 12.6. The van der Waals surface area contributed by atoms with Crippen LogP contribution < -0.4 is 0 Å². The van der Waals surface area contributed by atoms with E-state index in [4.69, 9.17) is 0 Å². The van der Waals surface area contributed by atoms with Crippen molar-refractivity contribution < 1.29 is 4.79 Å². The van der Waals surface area contributed by atoms with E-state index in [1.54, 1.807) is 11.0 Å². The SMILES string of the molecule is Cc1cc(C(=O)N(C)CCN(C)C)nc([C@@H]2CCCN2C)n1. The lowest BCUT2D eigenvalue weighted by molar-refractivity contribution is 0.0779. The maximum Gasteiger partial charge on any atom is 0.272 e. The molecule has 0 radical (unpaired) electrons. The largest absolute Gasteiger partial charge is 0.339 e. The summed E-state index contributed by atoms with van der Waals surface area (Å²) in [6.45, 7) is 4.52. The van der Waals surface area contributed by atoms with Crippen LogP contribution >= 0.6 is 0 Å². The molecule has 2 heterocycles. The second-order valence-electron chi connectivity index (χ2n) is 6.42. The van der Waals surface area contributed by atoms with Crippen LogP contribution in [-0.2, 0) is 0 Å². The Labute approximate surface area is 133 Å². The highest BCUT2D eigenvalue weighted by Gasteiger charge is 2.26. The quantitative estimate of drug-likeness (QED) is 0.818. The van der Waals surface area contributed by atoms with Gasteiger partial charge in [-0.3, -0.25) is 9.69 Å². The van der Waals surface area contributed by atoms with Crippen molar-refractivity contribution in [3.8, 4) is 0 Å². The second kappa shape index (κ2) is 7.15. The lowest BCUT2D eigenvalue weighted by atomic mass is 10.2. The molecule has 22 heavy (non-hydrogen) atoms. The molecule has 0 N–H and O–H groups in total. The zero-order valence-corrected chi connectivity index (χ0v) is 14.3. The molecule has 1 saturated heterocycles. The van der Waals surface area contributed by atoms with Gasteiger partial charge in [0.1, 0.15) is 11.5 Å².